The van der Waals surface area contributed by atoms with E-state index in [1.165, 1.54) is 11.1 Å². The van der Waals surface area contributed by atoms with E-state index in [2.05, 4.69) is 57.2 Å². The van der Waals surface area contributed by atoms with E-state index in [0.29, 0.717) is 13.2 Å². The minimum Gasteiger partial charge on any atom is -0.489 e. The Labute approximate surface area is 243 Å². The highest BCUT2D eigenvalue weighted by Crippen LogP contribution is 2.24. The highest BCUT2D eigenvalue weighted by atomic mass is 16.5. The number of ether oxygens (including phenoxy) is 1. The summed E-state index contributed by atoms with van der Waals surface area (Å²) in [5.74, 6) is 0.894. The van der Waals surface area contributed by atoms with E-state index in [0.717, 1.165) is 75.7 Å². The summed E-state index contributed by atoms with van der Waals surface area (Å²) in [7, 11) is 0. The van der Waals surface area contributed by atoms with Gasteiger partial charge in [0.15, 0.2) is 0 Å². The predicted octanol–water partition coefficient (Wildman–Crippen LogP) is 5.15. The summed E-state index contributed by atoms with van der Waals surface area (Å²) in [4.78, 5) is 23.3. The standard InChI is InChI=1S/C33H40N6O2/c34-33(40)39(20-7-19-38-21-16-35-27-38)32-11-5-4-10-30(32)25-37-18-6-17-36(22-23-37)24-28-12-14-31(15-13-28)41-26-29-8-2-1-3-9-29/h1-5,8-16,21,27H,6-7,17-20,22-26H2,(H2,34,40). The molecule has 2 amide bonds. The third-order valence-electron chi connectivity index (χ3n) is 7.56. The molecule has 1 fully saturated rings. The van der Waals surface area contributed by atoms with Crippen molar-refractivity contribution in [3.05, 3.63) is 114 Å². The zero-order valence-corrected chi connectivity index (χ0v) is 23.6. The van der Waals surface area contributed by atoms with E-state index >= 15 is 0 Å². The zero-order valence-electron chi connectivity index (χ0n) is 23.6. The topological polar surface area (TPSA) is 79.9 Å². The van der Waals surface area contributed by atoms with Crippen LogP contribution in [-0.2, 0) is 26.2 Å². The molecule has 4 aromatic rings. The average Bonchev–Trinajstić information content (AvgIpc) is 3.42. The molecule has 0 aliphatic carbocycles. The van der Waals surface area contributed by atoms with Crippen LogP contribution in [0.2, 0.25) is 0 Å². The Morgan fingerprint density at radius 2 is 1.59 bits per heavy atom. The van der Waals surface area contributed by atoms with Crippen LogP contribution in [0.5, 0.6) is 5.75 Å². The maximum atomic E-state index is 12.4. The van der Waals surface area contributed by atoms with E-state index in [9.17, 15) is 4.79 Å². The van der Waals surface area contributed by atoms with Crippen molar-refractivity contribution < 1.29 is 9.53 Å². The Kier molecular flexibility index (Phi) is 10.0. The number of hydrogen-bond donors (Lipinski definition) is 1. The number of amides is 2. The highest BCUT2D eigenvalue weighted by Gasteiger charge is 2.20. The largest absolute Gasteiger partial charge is 0.489 e. The minimum absolute atomic E-state index is 0.415. The summed E-state index contributed by atoms with van der Waals surface area (Å²) in [6.45, 7) is 7.71. The van der Waals surface area contributed by atoms with Gasteiger partial charge in [0.1, 0.15) is 12.4 Å². The molecule has 1 saturated heterocycles. The molecule has 0 unspecified atom stereocenters. The lowest BCUT2D eigenvalue weighted by molar-refractivity contribution is 0.246. The predicted molar refractivity (Wildman–Crippen MR) is 163 cm³/mol. The van der Waals surface area contributed by atoms with Gasteiger partial charge >= 0.3 is 6.03 Å². The molecule has 5 rings (SSSR count). The number of aromatic nitrogens is 2. The van der Waals surface area contributed by atoms with E-state index in [1.54, 1.807) is 17.4 Å². The molecule has 8 nitrogen and oxygen atoms in total. The highest BCUT2D eigenvalue weighted by molar-refractivity contribution is 5.91. The third kappa shape index (κ3) is 8.42. The number of hydrogen-bond acceptors (Lipinski definition) is 5. The number of carbonyl (C=O) groups is 1. The first-order valence-electron chi connectivity index (χ1n) is 14.4. The molecule has 0 atom stereocenters. The summed E-state index contributed by atoms with van der Waals surface area (Å²) in [6.07, 6.45) is 7.39. The SMILES string of the molecule is NC(=O)N(CCCn1ccnc1)c1ccccc1CN1CCCN(Cc2ccc(OCc3ccccc3)cc2)CC1. The van der Waals surface area contributed by atoms with Crippen molar-refractivity contribution >= 4 is 11.7 Å². The van der Waals surface area contributed by atoms with E-state index in [1.807, 2.05) is 47.2 Å². The number of urea groups is 1. The molecule has 1 aromatic heterocycles. The van der Waals surface area contributed by atoms with Crippen LogP contribution in [0.1, 0.15) is 29.5 Å². The number of carbonyl (C=O) groups excluding carboxylic acids is 1. The van der Waals surface area contributed by atoms with Gasteiger partial charge in [-0.2, -0.15) is 0 Å². The van der Waals surface area contributed by atoms with Gasteiger partial charge in [-0.3, -0.25) is 14.7 Å². The minimum atomic E-state index is -0.415. The van der Waals surface area contributed by atoms with Crippen LogP contribution in [0.3, 0.4) is 0 Å². The van der Waals surface area contributed by atoms with Gasteiger partial charge < -0.3 is 15.0 Å². The lowest BCUT2D eigenvalue weighted by atomic mass is 10.1. The molecule has 0 radical (unpaired) electrons. The normalized spacial score (nSPS) is 14.4. The molecule has 2 heterocycles. The average molecular weight is 553 g/mol. The van der Waals surface area contributed by atoms with Crippen molar-refractivity contribution in [2.24, 2.45) is 5.73 Å². The second-order valence-electron chi connectivity index (χ2n) is 10.6. The fraction of sp³-hybridized carbons (Fsp3) is 0.333. The zero-order chi connectivity index (χ0) is 28.3. The van der Waals surface area contributed by atoms with Gasteiger partial charge in [0, 0.05) is 57.3 Å². The van der Waals surface area contributed by atoms with Gasteiger partial charge in [-0.25, -0.2) is 9.78 Å². The van der Waals surface area contributed by atoms with Crippen molar-refractivity contribution in [3.63, 3.8) is 0 Å². The third-order valence-corrected chi connectivity index (χ3v) is 7.56. The van der Waals surface area contributed by atoms with Gasteiger partial charge in [0.25, 0.3) is 0 Å². The number of benzene rings is 3. The molecular formula is C33H40N6O2. The second kappa shape index (κ2) is 14.5. The summed E-state index contributed by atoms with van der Waals surface area (Å²) < 4.78 is 7.97. The molecule has 41 heavy (non-hydrogen) atoms. The van der Waals surface area contributed by atoms with Crippen molar-refractivity contribution in [2.45, 2.75) is 39.1 Å². The van der Waals surface area contributed by atoms with Gasteiger partial charge in [-0.05, 0) is 60.8 Å². The lowest BCUT2D eigenvalue weighted by Crippen LogP contribution is -2.38. The van der Waals surface area contributed by atoms with Crippen molar-refractivity contribution in [2.75, 3.05) is 37.6 Å². The number of anilines is 1. The molecule has 0 spiro atoms. The summed E-state index contributed by atoms with van der Waals surface area (Å²) in [5, 5.41) is 0. The number of nitrogens with two attached hydrogens (primary N) is 1. The first-order chi connectivity index (χ1) is 20.1. The number of imidazole rings is 1. The lowest BCUT2D eigenvalue weighted by Gasteiger charge is -2.27. The van der Waals surface area contributed by atoms with Gasteiger partial charge in [0.2, 0.25) is 0 Å². The Hall–Kier alpha value is -4.14. The Bertz CT molecular complexity index is 1340. The quantitative estimate of drug-likeness (QED) is 0.263. The molecule has 0 bridgehead atoms. The second-order valence-corrected chi connectivity index (χ2v) is 10.6. The van der Waals surface area contributed by atoms with E-state index in [4.69, 9.17) is 10.5 Å². The van der Waals surface area contributed by atoms with Crippen LogP contribution in [0, 0.1) is 0 Å². The molecule has 214 valence electrons. The van der Waals surface area contributed by atoms with Crippen molar-refractivity contribution in [1.29, 1.82) is 0 Å². The number of primary amides is 1. The first kappa shape index (κ1) is 28.4. The van der Waals surface area contributed by atoms with Crippen LogP contribution in [0.15, 0.2) is 97.6 Å². The van der Waals surface area contributed by atoms with Crippen molar-refractivity contribution in [1.82, 2.24) is 19.4 Å². The fourth-order valence-corrected chi connectivity index (χ4v) is 5.36. The Morgan fingerprint density at radius 1 is 0.854 bits per heavy atom. The van der Waals surface area contributed by atoms with Crippen molar-refractivity contribution in [3.8, 4) is 5.75 Å². The maximum Gasteiger partial charge on any atom is 0.319 e. The summed E-state index contributed by atoms with van der Waals surface area (Å²) in [6, 6.07) is 26.4. The maximum absolute atomic E-state index is 12.4. The van der Waals surface area contributed by atoms with Gasteiger partial charge in [-0.15, -0.1) is 0 Å². The van der Waals surface area contributed by atoms with Crippen LogP contribution in [-0.4, -0.2) is 58.1 Å². The van der Waals surface area contributed by atoms with E-state index in [-0.39, 0.29) is 0 Å². The molecule has 1 aliphatic heterocycles. The molecule has 2 N–H and O–H groups in total. The van der Waals surface area contributed by atoms with Crippen LogP contribution in [0.4, 0.5) is 10.5 Å². The summed E-state index contributed by atoms with van der Waals surface area (Å²) >= 11 is 0. The number of para-hydroxylation sites is 1. The van der Waals surface area contributed by atoms with Gasteiger partial charge in [-0.1, -0.05) is 60.7 Å². The van der Waals surface area contributed by atoms with Crippen LogP contribution < -0.4 is 15.4 Å². The van der Waals surface area contributed by atoms with E-state index < -0.39 is 6.03 Å². The molecule has 3 aromatic carbocycles. The smallest absolute Gasteiger partial charge is 0.319 e. The van der Waals surface area contributed by atoms with Gasteiger partial charge in [0.05, 0.1) is 6.33 Å². The van der Waals surface area contributed by atoms with Crippen LogP contribution >= 0.6 is 0 Å². The number of aryl methyl sites for hydroxylation is 1. The molecular weight excluding hydrogens is 512 g/mol. The fourth-order valence-electron chi connectivity index (χ4n) is 5.36. The molecule has 0 saturated carbocycles. The number of nitrogens with zero attached hydrogens (tertiary/aromatic N) is 5. The molecule has 1 aliphatic rings. The van der Waals surface area contributed by atoms with Crippen LogP contribution in [0.25, 0.3) is 0 Å². The number of rotatable bonds is 12. The first-order valence-corrected chi connectivity index (χ1v) is 14.4. The molecule has 8 heteroatoms. The Morgan fingerprint density at radius 3 is 2.32 bits per heavy atom. The Balaban J connectivity index is 1.13. The monoisotopic (exact) mass is 552 g/mol. The summed E-state index contributed by atoms with van der Waals surface area (Å²) in [5.41, 5.74) is 10.3.